The molecule has 1 nitrogen and oxygen atoms in total. The summed E-state index contributed by atoms with van der Waals surface area (Å²) in [5.41, 5.74) is 2.53. The van der Waals surface area contributed by atoms with E-state index in [0.717, 1.165) is 0 Å². The van der Waals surface area contributed by atoms with E-state index < -0.39 is 0 Å². The lowest BCUT2D eigenvalue weighted by Gasteiger charge is -2.25. The molecule has 6 rings (SSSR count). The zero-order valence-electron chi connectivity index (χ0n) is 19.0. The Morgan fingerprint density at radius 2 is 0.697 bits per heavy atom. The topological polar surface area (TPSA) is 9.23 Å². The monoisotopic (exact) mass is 426 g/mol. The summed E-state index contributed by atoms with van der Waals surface area (Å²) in [4.78, 5) is 0. The molecule has 0 heterocycles. The summed E-state index contributed by atoms with van der Waals surface area (Å²) in [7, 11) is 0. The molecule has 0 saturated heterocycles. The lowest BCUT2D eigenvalue weighted by atomic mass is 9.92. The molecule has 0 bridgehead atoms. The Hall–Kier alpha value is -3.68. The first-order chi connectivity index (χ1) is 16.2. The van der Waals surface area contributed by atoms with Gasteiger partial charge in [-0.05, 0) is 80.2 Å². The van der Waals surface area contributed by atoms with Crippen LogP contribution < -0.4 is 0 Å². The molecule has 33 heavy (non-hydrogen) atoms. The van der Waals surface area contributed by atoms with E-state index in [1.165, 1.54) is 54.2 Å². The number of hydrogen-bond donors (Lipinski definition) is 0. The SMILES string of the molecule is C[C@H](O[C@H](C)c1c2ccccc2cc2ccccc12)c1c2ccccc2cc2ccccc12. The molecule has 0 unspecified atom stereocenters. The van der Waals surface area contributed by atoms with Crippen LogP contribution in [0.5, 0.6) is 0 Å². The van der Waals surface area contributed by atoms with Crippen LogP contribution in [0.3, 0.4) is 0 Å². The minimum absolute atomic E-state index is 0.0614. The van der Waals surface area contributed by atoms with E-state index in [-0.39, 0.29) is 12.2 Å². The second kappa shape index (κ2) is 8.03. The van der Waals surface area contributed by atoms with Crippen molar-refractivity contribution in [3.05, 3.63) is 120 Å². The van der Waals surface area contributed by atoms with Crippen molar-refractivity contribution in [1.29, 1.82) is 0 Å². The second-order valence-electron chi connectivity index (χ2n) is 8.89. The molecule has 0 aromatic heterocycles. The summed E-state index contributed by atoms with van der Waals surface area (Å²) in [6.07, 6.45) is -0.123. The van der Waals surface area contributed by atoms with E-state index in [2.05, 4.69) is 123 Å². The molecule has 0 saturated carbocycles. The lowest BCUT2D eigenvalue weighted by Crippen LogP contribution is -2.07. The van der Waals surface area contributed by atoms with E-state index in [9.17, 15) is 0 Å². The van der Waals surface area contributed by atoms with Crippen LogP contribution in [0.2, 0.25) is 0 Å². The highest BCUT2D eigenvalue weighted by atomic mass is 16.5. The Morgan fingerprint density at radius 1 is 0.424 bits per heavy atom. The number of benzene rings is 6. The van der Waals surface area contributed by atoms with Crippen LogP contribution in [0.4, 0.5) is 0 Å². The van der Waals surface area contributed by atoms with Gasteiger partial charge in [-0.1, -0.05) is 97.1 Å². The van der Waals surface area contributed by atoms with Crippen molar-refractivity contribution in [2.24, 2.45) is 0 Å². The average molecular weight is 427 g/mol. The molecule has 0 spiro atoms. The van der Waals surface area contributed by atoms with Gasteiger partial charge in [-0.25, -0.2) is 0 Å². The molecule has 0 fully saturated rings. The molecule has 160 valence electrons. The van der Waals surface area contributed by atoms with Gasteiger partial charge in [-0.2, -0.15) is 0 Å². The fraction of sp³-hybridized carbons (Fsp3) is 0.125. The zero-order chi connectivity index (χ0) is 22.4. The Kier molecular flexibility index (Phi) is 4.86. The maximum Gasteiger partial charge on any atom is 0.0817 e. The molecular weight excluding hydrogens is 400 g/mol. The van der Waals surface area contributed by atoms with Crippen LogP contribution in [-0.2, 0) is 4.74 Å². The van der Waals surface area contributed by atoms with Crippen molar-refractivity contribution < 1.29 is 4.74 Å². The highest BCUT2D eigenvalue weighted by molar-refractivity contribution is 6.03. The highest BCUT2D eigenvalue weighted by Crippen LogP contribution is 2.40. The molecule has 0 amide bonds. The Balaban J connectivity index is 1.51. The van der Waals surface area contributed by atoms with Gasteiger partial charge >= 0.3 is 0 Å². The number of fused-ring (bicyclic) bond motifs is 4. The minimum Gasteiger partial charge on any atom is -0.366 e. The normalized spacial score (nSPS) is 13.6. The second-order valence-corrected chi connectivity index (χ2v) is 8.89. The summed E-state index contributed by atoms with van der Waals surface area (Å²) in [5.74, 6) is 0. The molecule has 0 N–H and O–H groups in total. The molecule has 2 atom stereocenters. The van der Waals surface area contributed by atoms with E-state index in [1.807, 2.05) is 0 Å². The van der Waals surface area contributed by atoms with E-state index in [0.29, 0.717) is 0 Å². The van der Waals surface area contributed by atoms with Gasteiger partial charge in [0.25, 0.3) is 0 Å². The van der Waals surface area contributed by atoms with Gasteiger partial charge in [0, 0.05) is 0 Å². The van der Waals surface area contributed by atoms with Gasteiger partial charge in [-0.3, -0.25) is 0 Å². The summed E-state index contributed by atoms with van der Waals surface area (Å²) in [6.45, 7) is 4.38. The Labute approximate surface area is 194 Å². The van der Waals surface area contributed by atoms with Gasteiger partial charge in [0.05, 0.1) is 12.2 Å². The van der Waals surface area contributed by atoms with E-state index in [1.54, 1.807) is 0 Å². The van der Waals surface area contributed by atoms with Crippen LogP contribution in [0, 0.1) is 0 Å². The quantitative estimate of drug-likeness (QED) is 0.255. The highest BCUT2D eigenvalue weighted by Gasteiger charge is 2.20. The fourth-order valence-corrected chi connectivity index (χ4v) is 5.42. The third-order valence-corrected chi connectivity index (χ3v) is 6.85. The van der Waals surface area contributed by atoms with Gasteiger partial charge in [0.2, 0.25) is 0 Å². The van der Waals surface area contributed by atoms with Crippen molar-refractivity contribution >= 4 is 43.1 Å². The molecule has 0 radical (unpaired) electrons. The van der Waals surface area contributed by atoms with Crippen LogP contribution in [0.15, 0.2) is 109 Å². The van der Waals surface area contributed by atoms with Crippen molar-refractivity contribution in [2.45, 2.75) is 26.1 Å². The van der Waals surface area contributed by atoms with Crippen molar-refractivity contribution in [1.82, 2.24) is 0 Å². The maximum absolute atomic E-state index is 6.85. The summed E-state index contributed by atoms with van der Waals surface area (Å²) in [5, 5.41) is 10.1. The number of hydrogen-bond acceptors (Lipinski definition) is 1. The van der Waals surface area contributed by atoms with Crippen LogP contribution in [-0.4, -0.2) is 0 Å². The molecule has 0 aliphatic rings. The first-order valence-corrected chi connectivity index (χ1v) is 11.7. The van der Waals surface area contributed by atoms with Crippen molar-refractivity contribution in [2.75, 3.05) is 0 Å². The smallest absolute Gasteiger partial charge is 0.0817 e. The third kappa shape index (κ3) is 3.37. The number of rotatable bonds is 4. The first-order valence-electron chi connectivity index (χ1n) is 11.7. The molecule has 6 aromatic carbocycles. The predicted octanol–water partition coefficient (Wildman–Crippen LogP) is 9.14. The molecule has 6 aromatic rings. The van der Waals surface area contributed by atoms with Crippen LogP contribution in [0.1, 0.15) is 37.2 Å². The molecular formula is C32H26O. The fourth-order valence-electron chi connectivity index (χ4n) is 5.42. The number of ether oxygens (including phenoxy) is 1. The van der Waals surface area contributed by atoms with Gasteiger partial charge in [0.1, 0.15) is 0 Å². The summed E-state index contributed by atoms with van der Waals surface area (Å²) >= 11 is 0. The predicted molar refractivity (Wildman–Crippen MR) is 141 cm³/mol. The molecule has 0 aliphatic carbocycles. The average Bonchev–Trinajstić information content (AvgIpc) is 2.85. The maximum atomic E-state index is 6.85. The largest absolute Gasteiger partial charge is 0.366 e. The van der Waals surface area contributed by atoms with E-state index >= 15 is 0 Å². The van der Waals surface area contributed by atoms with Crippen molar-refractivity contribution in [3.8, 4) is 0 Å². The molecule has 1 heteroatoms. The lowest BCUT2D eigenvalue weighted by molar-refractivity contribution is 0.00897. The summed E-state index contributed by atoms with van der Waals surface area (Å²) < 4.78 is 6.85. The third-order valence-electron chi connectivity index (χ3n) is 6.85. The van der Waals surface area contributed by atoms with Gasteiger partial charge < -0.3 is 4.74 Å². The standard InChI is InChI=1S/C32H26O/c1-21(31-27-15-7-3-11-23(27)19-24-12-4-8-16-28(24)31)33-22(2)32-29-17-9-5-13-25(29)20-26-14-6-10-18-30(26)32/h3-22H,1-2H3/t21-,22+. The minimum atomic E-state index is -0.0614. The summed E-state index contributed by atoms with van der Waals surface area (Å²) in [6, 6.07) is 39.1. The molecule has 0 aliphatic heterocycles. The van der Waals surface area contributed by atoms with Crippen LogP contribution >= 0.6 is 0 Å². The Morgan fingerprint density at radius 3 is 1.00 bits per heavy atom. The zero-order valence-corrected chi connectivity index (χ0v) is 19.0. The van der Waals surface area contributed by atoms with Gasteiger partial charge in [0.15, 0.2) is 0 Å². The Bertz CT molecular complexity index is 1400. The first kappa shape index (κ1) is 20.0. The van der Waals surface area contributed by atoms with E-state index in [4.69, 9.17) is 4.74 Å². The van der Waals surface area contributed by atoms with Crippen molar-refractivity contribution in [3.63, 3.8) is 0 Å². The van der Waals surface area contributed by atoms with Crippen LogP contribution in [0.25, 0.3) is 43.1 Å². The van der Waals surface area contributed by atoms with Gasteiger partial charge in [-0.15, -0.1) is 0 Å².